The van der Waals surface area contributed by atoms with Gasteiger partial charge in [-0.05, 0) is 38.5 Å². The van der Waals surface area contributed by atoms with E-state index in [9.17, 15) is 19.4 Å². The fourth-order valence-corrected chi connectivity index (χ4v) is 7.30. The lowest BCUT2D eigenvalue weighted by molar-refractivity contribution is -0.123. The Morgan fingerprint density at radius 1 is 0.627 bits per heavy atom. The summed E-state index contributed by atoms with van der Waals surface area (Å²) in [5.74, 6) is -0.169. The van der Waals surface area contributed by atoms with Crippen LogP contribution in [0.5, 0.6) is 0 Å². The van der Waals surface area contributed by atoms with Gasteiger partial charge in [-0.1, -0.05) is 187 Å². The minimum Gasteiger partial charge on any atom is -0.391 e. The zero-order valence-corrected chi connectivity index (χ0v) is 34.5. The molecule has 0 aromatic rings. The fourth-order valence-electron chi connectivity index (χ4n) is 6.54. The van der Waals surface area contributed by atoms with Crippen LogP contribution in [0.2, 0.25) is 0 Å². The van der Waals surface area contributed by atoms with Crippen LogP contribution in [-0.2, 0) is 18.4 Å². The molecule has 0 fully saturated rings. The Kier molecular flexibility index (Phi) is 38.4. The quantitative estimate of drug-likeness (QED) is 0.0278. The van der Waals surface area contributed by atoms with Crippen LogP contribution < -0.4 is 11.1 Å². The number of amides is 1. The summed E-state index contributed by atoms with van der Waals surface area (Å²) in [5, 5.41) is 13.8. The smallest absolute Gasteiger partial charge is 0.391 e. The van der Waals surface area contributed by atoms with E-state index >= 15 is 0 Å². The zero-order chi connectivity index (χ0) is 37.5. The van der Waals surface area contributed by atoms with Gasteiger partial charge in [-0.15, -0.1) is 0 Å². The predicted octanol–water partition coefficient (Wildman–Crippen LogP) is 12.0. The molecule has 3 unspecified atom stereocenters. The maximum atomic E-state index is 12.7. The summed E-state index contributed by atoms with van der Waals surface area (Å²) in [6.45, 7) is 4.21. The molecule has 0 aliphatic rings. The summed E-state index contributed by atoms with van der Waals surface area (Å²) in [7, 11) is -4.31. The Bertz CT molecular complexity index is 814. The second-order valence-corrected chi connectivity index (χ2v) is 16.4. The SMILES string of the molecule is CCCCCCC/C=C\CCCCCCCC(=O)NC(COP(=O)(O)OCCN)C(O)CCCCCCCCCCCCCCCCCCCC. The molecule has 0 saturated heterocycles. The summed E-state index contributed by atoms with van der Waals surface area (Å²) >= 11 is 0. The monoisotopic (exact) mass is 745 g/mol. The number of nitrogens with two attached hydrogens (primary N) is 1. The van der Waals surface area contributed by atoms with Gasteiger partial charge in [0.2, 0.25) is 5.91 Å². The molecule has 0 saturated carbocycles. The molecule has 0 bridgehead atoms. The number of aliphatic hydroxyl groups is 1. The molecule has 0 spiro atoms. The number of unbranched alkanes of at least 4 members (excludes halogenated alkanes) is 27. The molecule has 9 heteroatoms. The van der Waals surface area contributed by atoms with Crippen LogP contribution >= 0.6 is 7.82 Å². The maximum absolute atomic E-state index is 12.7. The van der Waals surface area contributed by atoms with Crippen LogP contribution in [-0.4, -0.2) is 47.8 Å². The van der Waals surface area contributed by atoms with Crippen molar-refractivity contribution in [3.05, 3.63) is 12.2 Å². The van der Waals surface area contributed by atoms with Crippen LogP contribution in [0.4, 0.5) is 0 Å². The summed E-state index contributed by atoms with van der Waals surface area (Å²) in [5.41, 5.74) is 5.38. The van der Waals surface area contributed by atoms with Gasteiger partial charge in [0.1, 0.15) is 0 Å². The van der Waals surface area contributed by atoms with E-state index < -0.39 is 20.0 Å². The van der Waals surface area contributed by atoms with Gasteiger partial charge in [-0.2, -0.15) is 0 Å². The molecule has 51 heavy (non-hydrogen) atoms. The molecule has 0 heterocycles. The van der Waals surface area contributed by atoms with Crippen molar-refractivity contribution >= 4 is 13.7 Å². The molecule has 5 N–H and O–H groups in total. The number of hydrogen-bond acceptors (Lipinski definition) is 6. The number of nitrogens with one attached hydrogen (secondary N) is 1. The van der Waals surface area contributed by atoms with Crippen LogP contribution in [0.1, 0.15) is 219 Å². The molecule has 1 amide bonds. The molecular weight excluding hydrogens is 659 g/mol. The Morgan fingerprint density at radius 3 is 1.45 bits per heavy atom. The lowest BCUT2D eigenvalue weighted by Crippen LogP contribution is -2.46. The van der Waals surface area contributed by atoms with Crippen molar-refractivity contribution in [2.75, 3.05) is 19.8 Å². The van der Waals surface area contributed by atoms with E-state index in [-0.39, 0.29) is 25.7 Å². The van der Waals surface area contributed by atoms with Crippen molar-refractivity contribution in [3.8, 4) is 0 Å². The molecule has 0 rings (SSSR count). The number of carbonyl (C=O) groups excluding carboxylic acids is 1. The average Bonchev–Trinajstić information content (AvgIpc) is 3.12. The Morgan fingerprint density at radius 2 is 1.02 bits per heavy atom. The number of hydrogen-bond donors (Lipinski definition) is 4. The molecule has 3 atom stereocenters. The van der Waals surface area contributed by atoms with Gasteiger partial charge in [0.05, 0.1) is 25.4 Å². The van der Waals surface area contributed by atoms with E-state index in [0.29, 0.717) is 12.8 Å². The largest absolute Gasteiger partial charge is 0.472 e. The third-order valence-electron chi connectivity index (χ3n) is 9.87. The van der Waals surface area contributed by atoms with Crippen LogP contribution in [0.3, 0.4) is 0 Å². The van der Waals surface area contributed by atoms with Gasteiger partial charge in [0.25, 0.3) is 0 Å². The Labute approximate surface area is 315 Å². The molecule has 8 nitrogen and oxygen atoms in total. The Hall–Kier alpha value is -0.760. The topological polar surface area (TPSA) is 131 Å². The molecule has 0 aliphatic carbocycles. The highest BCUT2D eigenvalue weighted by atomic mass is 31.2. The van der Waals surface area contributed by atoms with Gasteiger partial charge in [0.15, 0.2) is 0 Å². The minimum atomic E-state index is -4.31. The summed E-state index contributed by atoms with van der Waals surface area (Å²) in [4.78, 5) is 22.7. The number of aliphatic hydroxyl groups excluding tert-OH is 1. The van der Waals surface area contributed by atoms with Gasteiger partial charge < -0.3 is 21.1 Å². The number of phosphoric ester groups is 1. The predicted molar refractivity (Wildman–Crippen MR) is 217 cm³/mol. The zero-order valence-electron chi connectivity index (χ0n) is 33.6. The van der Waals surface area contributed by atoms with Crippen LogP contribution in [0, 0.1) is 0 Å². The first-order valence-electron chi connectivity index (χ1n) is 21.8. The third-order valence-corrected chi connectivity index (χ3v) is 10.9. The molecule has 0 aromatic carbocycles. The molecule has 0 radical (unpaired) electrons. The van der Waals surface area contributed by atoms with E-state index in [1.54, 1.807) is 0 Å². The van der Waals surface area contributed by atoms with E-state index in [4.69, 9.17) is 14.8 Å². The highest BCUT2D eigenvalue weighted by Gasteiger charge is 2.27. The van der Waals surface area contributed by atoms with E-state index in [1.165, 1.54) is 141 Å². The van der Waals surface area contributed by atoms with Crippen LogP contribution in [0.15, 0.2) is 12.2 Å². The lowest BCUT2D eigenvalue weighted by Gasteiger charge is -2.25. The average molecular weight is 745 g/mol. The van der Waals surface area contributed by atoms with Gasteiger partial charge in [0, 0.05) is 13.0 Å². The van der Waals surface area contributed by atoms with Crippen molar-refractivity contribution in [1.29, 1.82) is 0 Å². The second-order valence-electron chi connectivity index (χ2n) is 14.9. The Balaban J connectivity index is 4.14. The summed E-state index contributed by atoms with van der Waals surface area (Å²) < 4.78 is 22.2. The molecular formula is C42H85N2O6P. The summed E-state index contributed by atoms with van der Waals surface area (Å²) in [6.07, 6.45) is 42.1. The van der Waals surface area contributed by atoms with E-state index in [0.717, 1.165) is 51.4 Å². The number of rotatable bonds is 41. The maximum Gasteiger partial charge on any atom is 0.472 e. The number of phosphoric acid groups is 1. The van der Waals surface area contributed by atoms with Crippen molar-refractivity contribution in [2.45, 2.75) is 231 Å². The molecule has 0 aromatic heterocycles. The van der Waals surface area contributed by atoms with Crippen LogP contribution in [0.25, 0.3) is 0 Å². The third kappa shape index (κ3) is 37.4. The second kappa shape index (κ2) is 38.9. The number of carbonyl (C=O) groups is 1. The van der Waals surface area contributed by atoms with Crippen molar-refractivity contribution in [2.24, 2.45) is 5.73 Å². The lowest BCUT2D eigenvalue weighted by atomic mass is 10.0. The summed E-state index contributed by atoms with van der Waals surface area (Å²) in [6, 6.07) is -0.774. The fraction of sp³-hybridized carbons (Fsp3) is 0.929. The van der Waals surface area contributed by atoms with Gasteiger partial charge in [-0.3, -0.25) is 13.8 Å². The first-order chi connectivity index (χ1) is 24.9. The highest BCUT2D eigenvalue weighted by Crippen LogP contribution is 2.43. The van der Waals surface area contributed by atoms with E-state index in [2.05, 4.69) is 31.3 Å². The first kappa shape index (κ1) is 50.2. The van der Waals surface area contributed by atoms with Crippen molar-refractivity contribution in [3.63, 3.8) is 0 Å². The standard InChI is InChI=1S/C42H85N2O6P/c1-3-5-7-9-11-13-15-17-19-20-21-22-23-25-27-29-31-33-35-41(45)40(39-50-51(47,48)49-38-37-43)44-42(46)36-34-32-30-28-26-24-18-16-14-12-10-8-6-4-2/h16,18,40-41,45H,3-15,17,19-39,43H2,1-2H3,(H,44,46)(H,47,48)/b18-16-. The normalized spacial score (nSPS) is 14.2. The first-order valence-corrected chi connectivity index (χ1v) is 23.3. The van der Waals surface area contributed by atoms with Gasteiger partial charge >= 0.3 is 7.82 Å². The minimum absolute atomic E-state index is 0.0892. The highest BCUT2D eigenvalue weighted by molar-refractivity contribution is 7.47. The molecule has 0 aliphatic heterocycles. The van der Waals surface area contributed by atoms with Gasteiger partial charge in [-0.25, -0.2) is 4.57 Å². The molecule has 304 valence electrons. The van der Waals surface area contributed by atoms with Crippen molar-refractivity contribution in [1.82, 2.24) is 5.32 Å². The number of allylic oxidation sites excluding steroid dienone is 2. The van der Waals surface area contributed by atoms with Crippen molar-refractivity contribution < 1.29 is 28.4 Å². The van der Waals surface area contributed by atoms with E-state index in [1.807, 2.05) is 0 Å².